The van der Waals surface area contributed by atoms with E-state index in [4.69, 9.17) is 0 Å². The van der Waals surface area contributed by atoms with Gasteiger partial charge in [-0.1, -0.05) is 11.6 Å². The number of allylic oxidation sites excluding steroid dienone is 1. The molecule has 0 aliphatic rings. The number of aromatic nitrogens is 1. The molecule has 0 bridgehead atoms. The van der Waals surface area contributed by atoms with Crippen LogP contribution in [-0.4, -0.2) is 10.9 Å². The Morgan fingerprint density at radius 2 is 2.09 bits per heavy atom. The highest BCUT2D eigenvalue weighted by Gasteiger charge is 2.07. The first kappa shape index (κ1) is 15.4. The summed E-state index contributed by atoms with van der Waals surface area (Å²) in [6.07, 6.45) is 3.90. The number of nitrogens with zero attached hydrogens (tertiary/aromatic N) is 1. The molecular formula is C19H18N2OS. The Bertz CT molecular complexity index is 876. The number of hydrogen-bond acceptors (Lipinski definition) is 3. The van der Waals surface area contributed by atoms with Gasteiger partial charge in [0.15, 0.2) is 0 Å². The van der Waals surface area contributed by atoms with Gasteiger partial charge in [-0.25, -0.2) is 0 Å². The van der Waals surface area contributed by atoms with E-state index in [1.54, 1.807) is 17.5 Å². The van der Waals surface area contributed by atoms with Crippen LogP contribution in [0.25, 0.3) is 17.0 Å². The lowest BCUT2D eigenvalue weighted by molar-refractivity contribution is 0.0951. The zero-order chi connectivity index (χ0) is 16.2. The van der Waals surface area contributed by atoms with Crippen molar-refractivity contribution in [2.75, 3.05) is 0 Å². The first-order chi connectivity index (χ1) is 11.1. The summed E-state index contributed by atoms with van der Waals surface area (Å²) in [7, 11) is 0. The number of fused-ring (bicyclic) bond motifs is 1. The number of nitrogens with one attached hydrogen (secondary N) is 1. The molecule has 2 heterocycles. The maximum absolute atomic E-state index is 12.3. The average Bonchev–Trinajstić information content (AvgIpc) is 2.98. The van der Waals surface area contributed by atoms with E-state index >= 15 is 0 Å². The number of pyridine rings is 1. The van der Waals surface area contributed by atoms with E-state index in [1.165, 1.54) is 10.5 Å². The highest BCUT2D eigenvalue weighted by Crippen LogP contribution is 2.19. The van der Waals surface area contributed by atoms with Crippen LogP contribution in [0.2, 0.25) is 0 Å². The van der Waals surface area contributed by atoms with Crippen LogP contribution in [0.15, 0.2) is 54.2 Å². The van der Waals surface area contributed by atoms with Crippen LogP contribution in [0.1, 0.15) is 34.0 Å². The summed E-state index contributed by atoms with van der Waals surface area (Å²) >= 11 is 1.70. The lowest BCUT2D eigenvalue weighted by atomic mass is 10.1. The van der Waals surface area contributed by atoms with Crippen molar-refractivity contribution in [3.8, 4) is 0 Å². The lowest BCUT2D eigenvalue weighted by Crippen LogP contribution is -2.22. The van der Waals surface area contributed by atoms with Gasteiger partial charge in [0.25, 0.3) is 5.91 Å². The van der Waals surface area contributed by atoms with Gasteiger partial charge in [-0.3, -0.25) is 9.78 Å². The molecule has 0 aliphatic heterocycles. The summed E-state index contributed by atoms with van der Waals surface area (Å²) in [4.78, 5) is 18.9. The van der Waals surface area contributed by atoms with Crippen LogP contribution in [0.3, 0.4) is 0 Å². The third-order valence-electron chi connectivity index (χ3n) is 3.40. The number of carbonyl (C=O) groups excluding carboxylic acids is 1. The van der Waals surface area contributed by atoms with Gasteiger partial charge in [-0.05, 0) is 56.3 Å². The molecule has 3 aromatic rings. The summed E-state index contributed by atoms with van der Waals surface area (Å²) in [5, 5.41) is 3.95. The highest BCUT2D eigenvalue weighted by atomic mass is 32.1. The monoisotopic (exact) mass is 322 g/mol. The summed E-state index contributed by atoms with van der Waals surface area (Å²) in [6, 6.07) is 13.5. The zero-order valence-electron chi connectivity index (χ0n) is 13.2. The molecule has 0 spiro atoms. The smallest absolute Gasteiger partial charge is 0.251 e. The molecule has 0 saturated carbocycles. The fraction of sp³-hybridized carbons (Fsp3) is 0.158. The highest BCUT2D eigenvalue weighted by molar-refractivity contribution is 7.12. The van der Waals surface area contributed by atoms with Crippen molar-refractivity contribution in [3.63, 3.8) is 0 Å². The van der Waals surface area contributed by atoms with Crippen LogP contribution in [0.4, 0.5) is 0 Å². The Balaban J connectivity index is 1.68. The fourth-order valence-corrected chi connectivity index (χ4v) is 3.35. The maximum Gasteiger partial charge on any atom is 0.251 e. The van der Waals surface area contributed by atoms with E-state index in [-0.39, 0.29) is 5.91 Å². The maximum atomic E-state index is 12.3. The SMILES string of the molecule is CC(C)=Cc1ccc(CNC(=O)c2ccc3ncccc3c2)s1. The Morgan fingerprint density at radius 1 is 1.22 bits per heavy atom. The Labute approximate surface area is 139 Å². The fourth-order valence-electron chi connectivity index (χ4n) is 2.34. The first-order valence-corrected chi connectivity index (χ1v) is 8.30. The van der Waals surface area contributed by atoms with Gasteiger partial charge in [-0.15, -0.1) is 11.3 Å². The van der Waals surface area contributed by atoms with Crippen LogP contribution < -0.4 is 5.32 Å². The standard InChI is InChI=1S/C19H18N2OS/c1-13(2)10-16-6-7-17(23-16)12-21-19(22)15-5-8-18-14(11-15)4-3-9-20-18/h3-11H,12H2,1-2H3,(H,21,22). The van der Waals surface area contributed by atoms with Gasteiger partial charge in [0.2, 0.25) is 0 Å². The molecule has 0 saturated heterocycles. The number of thiophene rings is 1. The number of carbonyl (C=O) groups is 1. The molecule has 1 aromatic carbocycles. The van der Waals surface area contributed by atoms with E-state index in [9.17, 15) is 4.79 Å². The molecule has 116 valence electrons. The molecule has 2 aromatic heterocycles. The number of amides is 1. The van der Waals surface area contributed by atoms with Crippen molar-refractivity contribution < 1.29 is 4.79 Å². The van der Waals surface area contributed by atoms with Gasteiger partial charge in [0.05, 0.1) is 12.1 Å². The van der Waals surface area contributed by atoms with Crippen molar-refractivity contribution in [2.45, 2.75) is 20.4 Å². The Kier molecular flexibility index (Phi) is 4.53. The Hall–Kier alpha value is -2.46. The topological polar surface area (TPSA) is 42.0 Å². The molecule has 0 fully saturated rings. The third-order valence-corrected chi connectivity index (χ3v) is 4.43. The molecule has 0 atom stereocenters. The molecule has 1 amide bonds. The van der Waals surface area contributed by atoms with Crippen molar-refractivity contribution in [3.05, 3.63) is 69.6 Å². The first-order valence-electron chi connectivity index (χ1n) is 7.48. The van der Waals surface area contributed by atoms with Crippen LogP contribution in [-0.2, 0) is 6.54 Å². The predicted octanol–water partition coefficient (Wildman–Crippen LogP) is 4.65. The summed E-state index contributed by atoms with van der Waals surface area (Å²) in [6.45, 7) is 4.71. The summed E-state index contributed by atoms with van der Waals surface area (Å²) in [5.74, 6) is -0.0621. The lowest BCUT2D eigenvalue weighted by Gasteiger charge is -2.05. The largest absolute Gasteiger partial charge is 0.347 e. The van der Waals surface area contributed by atoms with Crippen molar-refractivity contribution >= 4 is 34.2 Å². The Morgan fingerprint density at radius 3 is 2.91 bits per heavy atom. The average molecular weight is 322 g/mol. The van der Waals surface area contributed by atoms with Gasteiger partial charge in [-0.2, -0.15) is 0 Å². The van der Waals surface area contributed by atoms with Crippen molar-refractivity contribution in [1.82, 2.24) is 10.3 Å². The van der Waals surface area contributed by atoms with Gasteiger partial charge in [0, 0.05) is 26.9 Å². The van der Waals surface area contributed by atoms with Gasteiger partial charge < -0.3 is 5.32 Å². The normalized spacial score (nSPS) is 10.5. The third kappa shape index (κ3) is 3.85. The number of hydrogen-bond donors (Lipinski definition) is 1. The van der Waals surface area contributed by atoms with Crippen LogP contribution in [0, 0.1) is 0 Å². The molecule has 3 nitrogen and oxygen atoms in total. The number of rotatable bonds is 4. The second kappa shape index (κ2) is 6.75. The van der Waals surface area contributed by atoms with E-state index in [2.05, 4.69) is 42.4 Å². The van der Waals surface area contributed by atoms with E-state index in [0.29, 0.717) is 12.1 Å². The molecule has 4 heteroatoms. The van der Waals surface area contributed by atoms with Crippen LogP contribution in [0.5, 0.6) is 0 Å². The minimum absolute atomic E-state index is 0.0621. The predicted molar refractivity (Wildman–Crippen MR) is 96.6 cm³/mol. The molecule has 0 unspecified atom stereocenters. The van der Waals surface area contributed by atoms with Crippen LogP contribution >= 0.6 is 11.3 Å². The second-order valence-electron chi connectivity index (χ2n) is 5.62. The zero-order valence-corrected chi connectivity index (χ0v) is 14.0. The van der Waals surface area contributed by atoms with E-state index in [0.717, 1.165) is 15.8 Å². The molecule has 0 aliphatic carbocycles. The molecule has 1 N–H and O–H groups in total. The summed E-state index contributed by atoms with van der Waals surface area (Å²) in [5.41, 5.74) is 2.83. The van der Waals surface area contributed by atoms with Gasteiger partial charge >= 0.3 is 0 Å². The molecule has 23 heavy (non-hydrogen) atoms. The van der Waals surface area contributed by atoms with Crippen molar-refractivity contribution in [2.24, 2.45) is 0 Å². The van der Waals surface area contributed by atoms with E-state index in [1.807, 2.05) is 30.3 Å². The van der Waals surface area contributed by atoms with E-state index < -0.39 is 0 Å². The molecule has 3 rings (SSSR count). The summed E-state index contributed by atoms with van der Waals surface area (Å²) < 4.78 is 0. The number of benzene rings is 1. The quantitative estimate of drug-likeness (QED) is 0.759. The molecule has 0 radical (unpaired) electrons. The van der Waals surface area contributed by atoms with Crippen molar-refractivity contribution in [1.29, 1.82) is 0 Å². The minimum atomic E-state index is -0.0621. The second-order valence-corrected chi connectivity index (χ2v) is 6.82. The van der Waals surface area contributed by atoms with Gasteiger partial charge in [0.1, 0.15) is 0 Å². The molecular weight excluding hydrogens is 304 g/mol. The minimum Gasteiger partial charge on any atom is -0.347 e.